The maximum Gasteiger partial charge on any atom is 0.407 e. The smallest absolute Gasteiger partial charge is 0.407 e. The number of rotatable bonds is 9. The number of carbonyl (C=O) groups excluding carboxylic acids is 2. The minimum Gasteiger partial charge on any atom is -0.479 e. The molecule has 35 heavy (non-hydrogen) atoms. The Hall–Kier alpha value is -4.17. The average molecular weight is 475 g/mol. The van der Waals surface area contributed by atoms with Gasteiger partial charge in [0.2, 0.25) is 0 Å². The first-order chi connectivity index (χ1) is 16.9. The van der Waals surface area contributed by atoms with Crippen molar-refractivity contribution >= 4 is 18.0 Å². The number of benzene rings is 3. The fourth-order valence-electron chi connectivity index (χ4n) is 4.15. The van der Waals surface area contributed by atoms with Gasteiger partial charge in [-0.05, 0) is 39.9 Å². The van der Waals surface area contributed by atoms with E-state index in [1.54, 1.807) is 24.3 Å². The van der Waals surface area contributed by atoms with Gasteiger partial charge in [0.05, 0.1) is 0 Å². The van der Waals surface area contributed by atoms with Crippen LogP contribution in [0.4, 0.5) is 4.79 Å². The van der Waals surface area contributed by atoms with Crippen LogP contribution < -0.4 is 10.6 Å². The van der Waals surface area contributed by atoms with Crippen LogP contribution in [0.1, 0.15) is 39.4 Å². The Balaban J connectivity index is 1.25. The Labute approximate surface area is 202 Å². The molecule has 0 spiro atoms. The molecule has 8 nitrogen and oxygen atoms in total. The second kappa shape index (κ2) is 10.8. The van der Waals surface area contributed by atoms with E-state index in [9.17, 15) is 19.5 Å². The highest BCUT2D eigenvalue weighted by atomic mass is 16.5. The number of aliphatic carboxylic acids is 1. The molecule has 0 bridgehead atoms. The maximum absolute atomic E-state index is 12.3. The number of aliphatic hydroxyl groups is 1. The van der Waals surface area contributed by atoms with Gasteiger partial charge in [0, 0.05) is 31.0 Å². The van der Waals surface area contributed by atoms with Gasteiger partial charge < -0.3 is 25.6 Å². The van der Waals surface area contributed by atoms with Gasteiger partial charge in [-0.15, -0.1) is 0 Å². The summed E-state index contributed by atoms with van der Waals surface area (Å²) in [6, 6.07) is 22.9. The normalized spacial score (nSPS) is 12.8. The van der Waals surface area contributed by atoms with Gasteiger partial charge in [-0.1, -0.05) is 60.7 Å². The molecule has 0 fully saturated rings. The zero-order chi connectivity index (χ0) is 24.8. The molecular weight excluding hydrogens is 448 g/mol. The molecular formula is C27H26N2O6. The molecule has 1 aliphatic rings. The first-order valence-corrected chi connectivity index (χ1v) is 11.3. The van der Waals surface area contributed by atoms with Gasteiger partial charge in [-0.2, -0.15) is 0 Å². The van der Waals surface area contributed by atoms with Gasteiger partial charge >= 0.3 is 12.1 Å². The third-order valence-electron chi connectivity index (χ3n) is 5.99. The average Bonchev–Trinajstić information content (AvgIpc) is 3.20. The summed E-state index contributed by atoms with van der Waals surface area (Å²) in [5.74, 6) is -1.71. The lowest BCUT2D eigenvalue weighted by Crippen LogP contribution is -2.30. The number of nitrogens with one attached hydrogen (secondary N) is 2. The number of hydrogen-bond donors (Lipinski definition) is 4. The van der Waals surface area contributed by atoms with Crippen molar-refractivity contribution in [1.82, 2.24) is 10.6 Å². The molecule has 180 valence electrons. The molecule has 0 heterocycles. The summed E-state index contributed by atoms with van der Waals surface area (Å²) in [6.07, 6.45) is -2.12. The highest BCUT2D eigenvalue weighted by molar-refractivity contribution is 5.94. The summed E-state index contributed by atoms with van der Waals surface area (Å²) < 4.78 is 5.53. The molecule has 0 aliphatic heterocycles. The number of carboxylic acids is 1. The molecule has 8 heteroatoms. The molecule has 0 unspecified atom stereocenters. The first kappa shape index (κ1) is 24.0. The summed E-state index contributed by atoms with van der Waals surface area (Å²) in [6.45, 7) is 0.510. The van der Waals surface area contributed by atoms with Crippen LogP contribution in [-0.2, 0) is 16.1 Å². The van der Waals surface area contributed by atoms with Crippen molar-refractivity contribution in [3.05, 3.63) is 95.1 Å². The van der Waals surface area contributed by atoms with Crippen LogP contribution in [0.2, 0.25) is 0 Å². The van der Waals surface area contributed by atoms with Crippen LogP contribution in [0.15, 0.2) is 72.8 Å². The molecule has 1 atom stereocenters. The lowest BCUT2D eigenvalue weighted by molar-refractivity contribution is -0.146. The molecule has 4 N–H and O–H groups in total. The third-order valence-corrected chi connectivity index (χ3v) is 5.99. The Morgan fingerprint density at radius 2 is 1.46 bits per heavy atom. The number of alkyl carbamates (subject to hydrolysis) is 1. The molecule has 2 amide bonds. The predicted octanol–water partition coefficient (Wildman–Crippen LogP) is 3.29. The van der Waals surface area contributed by atoms with Gasteiger partial charge in [0.25, 0.3) is 5.91 Å². The van der Waals surface area contributed by atoms with Crippen LogP contribution >= 0.6 is 0 Å². The molecule has 1 aliphatic carbocycles. The third kappa shape index (κ3) is 5.67. The first-order valence-electron chi connectivity index (χ1n) is 11.3. The number of carboxylic acid groups (broad SMARTS) is 1. The number of ether oxygens (including phenoxy) is 1. The van der Waals surface area contributed by atoms with Crippen molar-refractivity contribution in [2.75, 3.05) is 13.2 Å². The van der Waals surface area contributed by atoms with E-state index in [1.165, 1.54) is 11.1 Å². The van der Waals surface area contributed by atoms with Gasteiger partial charge in [0.1, 0.15) is 6.61 Å². The van der Waals surface area contributed by atoms with Gasteiger partial charge in [-0.25, -0.2) is 9.59 Å². The van der Waals surface area contributed by atoms with E-state index < -0.39 is 18.2 Å². The Morgan fingerprint density at radius 1 is 0.857 bits per heavy atom. The minimum atomic E-state index is -1.51. The quantitative estimate of drug-likeness (QED) is 0.377. The standard InChI is InChI=1S/C27H26N2O6/c30-24(26(32)33)13-14-28-25(31)18-11-9-17(10-12-18)15-29-27(34)35-16-23-21-7-3-1-5-19(21)20-6-2-4-8-22(20)23/h1-12,23-24,30H,13-16H2,(H,28,31)(H,29,34)(H,32,33)/t24-/m0/s1. The maximum atomic E-state index is 12.3. The molecule has 4 rings (SSSR count). The summed E-state index contributed by atoms with van der Waals surface area (Å²) >= 11 is 0. The van der Waals surface area contributed by atoms with Crippen molar-refractivity contribution in [3.8, 4) is 11.1 Å². The van der Waals surface area contributed by atoms with Crippen molar-refractivity contribution in [2.45, 2.75) is 25.0 Å². The van der Waals surface area contributed by atoms with Crippen LogP contribution in [0.25, 0.3) is 11.1 Å². The predicted molar refractivity (Wildman–Crippen MR) is 129 cm³/mol. The van der Waals surface area contributed by atoms with E-state index in [1.807, 2.05) is 24.3 Å². The van der Waals surface area contributed by atoms with Crippen LogP contribution in [0.5, 0.6) is 0 Å². The SMILES string of the molecule is O=C(NCc1ccc(C(=O)NCC[C@H](O)C(=O)O)cc1)OCC1c2ccccc2-c2ccccc21. The van der Waals surface area contributed by atoms with Crippen molar-refractivity contribution in [1.29, 1.82) is 0 Å². The number of carbonyl (C=O) groups is 3. The number of aliphatic hydroxyl groups excluding tert-OH is 1. The second-order valence-corrected chi connectivity index (χ2v) is 8.27. The molecule has 0 aromatic heterocycles. The fourth-order valence-corrected chi connectivity index (χ4v) is 4.15. The lowest BCUT2D eigenvalue weighted by Gasteiger charge is -2.14. The van der Waals surface area contributed by atoms with Gasteiger partial charge in [-0.3, -0.25) is 4.79 Å². The molecule has 3 aromatic carbocycles. The zero-order valence-corrected chi connectivity index (χ0v) is 18.9. The zero-order valence-electron chi connectivity index (χ0n) is 18.9. The molecule has 0 saturated carbocycles. The van der Waals surface area contributed by atoms with Crippen molar-refractivity contribution in [3.63, 3.8) is 0 Å². The second-order valence-electron chi connectivity index (χ2n) is 8.27. The Kier molecular flexibility index (Phi) is 7.42. The van der Waals surface area contributed by atoms with E-state index in [2.05, 4.69) is 34.9 Å². The Morgan fingerprint density at radius 3 is 2.06 bits per heavy atom. The van der Waals surface area contributed by atoms with Crippen LogP contribution in [0.3, 0.4) is 0 Å². The number of fused-ring (bicyclic) bond motifs is 3. The van der Waals surface area contributed by atoms with Crippen LogP contribution in [-0.4, -0.2) is 47.4 Å². The van der Waals surface area contributed by atoms with E-state index >= 15 is 0 Å². The summed E-state index contributed by atoms with van der Waals surface area (Å²) in [5, 5.41) is 23.2. The van der Waals surface area contributed by atoms with Crippen LogP contribution in [0, 0.1) is 0 Å². The highest BCUT2D eigenvalue weighted by Crippen LogP contribution is 2.44. The minimum absolute atomic E-state index is 0.0115. The van der Waals surface area contributed by atoms with Gasteiger partial charge in [0.15, 0.2) is 6.10 Å². The van der Waals surface area contributed by atoms with Crippen molar-refractivity contribution < 1.29 is 29.3 Å². The molecule has 0 radical (unpaired) electrons. The van der Waals surface area contributed by atoms with E-state index in [4.69, 9.17) is 9.84 Å². The Bertz CT molecular complexity index is 1180. The fraction of sp³-hybridized carbons (Fsp3) is 0.222. The summed E-state index contributed by atoms with van der Waals surface area (Å²) in [7, 11) is 0. The van der Waals surface area contributed by atoms with E-state index in [0.29, 0.717) is 5.56 Å². The number of hydrogen-bond acceptors (Lipinski definition) is 5. The largest absolute Gasteiger partial charge is 0.479 e. The summed E-state index contributed by atoms with van der Waals surface area (Å²) in [4.78, 5) is 35.1. The summed E-state index contributed by atoms with van der Waals surface area (Å²) in [5.41, 5.74) is 5.80. The molecule has 0 saturated heterocycles. The van der Waals surface area contributed by atoms with Crippen molar-refractivity contribution in [2.24, 2.45) is 0 Å². The monoisotopic (exact) mass is 474 g/mol. The number of amides is 2. The topological polar surface area (TPSA) is 125 Å². The van der Waals surface area contributed by atoms with E-state index in [0.717, 1.165) is 16.7 Å². The highest BCUT2D eigenvalue weighted by Gasteiger charge is 2.28. The molecule has 3 aromatic rings. The van der Waals surface area contributed by atoms with E-state index in [-0.39, 0.29) is 37.9 Å². The lowest BCUT2D eigenvalue weighted by atomic mass is 9.98.